The molecule has 10 heteroatoms. The molecule has 26 heavy (non-hydrogen) atoms. The van der Waals surface area contributed by atoms with Crippen LogP contribution in [0.3, 0.4) is 0 Å². The van der Waals surface area contributed by atoms with Crippen molar-refractivity contribution in [3.63, 3.8) is 0 Å². The number of hydrogen-bond acceptors (Lipinski definition) is 4. The third kappa shape index (κ3) is 2.85. The fourth-order valence-corrected chi connectivity index (χ4v) is 3.75. The van der Waals surface area contributed by atoms with Gasteiger partial charge in [0.05, 0.1) is 10.0 Å². The van der Waals surface area contributed by atoms with E-state index in [-0.39, 0.29) is 24.1 Å². The van der Waals surface area contributed by atoms with Gasteiger partial charge in [-0.3, -0.25) is 9.13 Å². The summed E-state index contributed by atoms with van der Waals surface area (Å²) in [5.74, 6) is 1.56. The zero-order valence-electron chi connectivity index (χ0n) is 13.9. The predicted molar refractivity (Wildman–Crippen MR) is 107 cm³/mol. The lowest BCUT2D eigenvalue weighted by atomic mass is 10.2. The van der Waals surface area contributed by atoms with Crippen LogP contribution in [0.4, 0.5) is 5.82 Å². The number of halogens is 4. The minimum atomic E-state index is -0.132. The summed E-state index contributed by atoms with van der Waals surface area (Å²) in [6.45, 7) is 2.68. The number of fused-ring (bicyclic) bond motifs is 3. The molecule has 0 spiro atoms. The maximum absolute atomic E-state index is 12.6. The van der Waals surface area contributed by atoms with Gasteiger partial charge in [-0.1, -0.05) is 41.7 Å². The number of nitrogens with one attached hydrogen (secondary N) is 1. The van der Waals surface area contributed by atoms with Gasteiger partial charge in [0, 0.05) is 30.2 Å². The average Bonchev–Trinajstić information content (AvgIpc) is 3.20. The lowest BCUT2D eigenvalue weighted by Gasteiger charge is -2.10. The summed E-state index contributed by atoms with van der Waals surface area (Å²) >= 11 is 18.5. The van der Waals surface area contributed by atoms with Crippen molar-refractivity contribution in [1.29, 1.82) is 0 Å². The second-order valence-electron chi connectivity index (χ2n) is 6.02. The van der Waals surface area contributed by atoms with Crippen molar-refractivity contribution in [1.82, 2.24) is 19.1 Å². The maximum atomic E-state index is 12.6. The summed E-state index contributed by atoms with van der Waals surface area (Å²) < 4.78 is 3.19. The summed E-state index contributed by atoms with van der Waals surface area (Å²) in [6, 6.07) is 3.43. The average molecular weight is 435 g/mol. The quantitative estimate of drug-likeness (QED) is 0.609. The van der Waals surface area contributed by atoms with Crippen LogP contribution in [0.1, 0.15) is 13.3 Å². The number of aromatic nitrogens is 4. The van der Waals surface area contributed by atoms with Crippen LogP contribution in [0, 0.1) is 0 Å². The normalized spacial score (nSPS) is 15.7. The lowest BCUT2D eigenvalue weighted by molar-refractivity contribution is 0.590. The van der Waals surface area contributed by atoms with Crippen LogP contribution < -0.4 is 11.0 Å². The molecule has 0 radical (unpaired) electrons. The van der Waals surface area contributed by atoms with Crippen LogP contribution in [0.15, 0.2) is 16.9 Å². The van der Waals surface area contributed by atoms with Crippen LogP contribution in [-0.4, -0.2) is 25.1 Å². The van der Waals surface area contributed by atoms with Crippen molar-refractivity contribution >= 4 is 53.0 Å². The minimum Gasteiger partial charge on any atom is -0.365 e. The monoisotopic (exact) mass is 433 g/mol. The van der Waals surface area contributed by atoms with E-state index in [0.717, 1.165) is 6.42 Å². The molecule has 6 nitrogen and oxygen atoms in total. The largest absolute Gasteiger partial charge is 0.365 e. The molecule has 1 aromatic carbocycles. The Labute approximate surface area is 170 Å². The molecule has 0 aliphatic carbocycles. The summed E-state index contributed by atoms with van der Waals surface area (Å²) in [4.78, 5) is 21.7. The fourth-order valence-electron chi connectivity index (χ4n) is 3.07. The van der Waals surface area contributed by atoms with Gasteiger partial charge in [-0.05, 0) is 18.6 Å². The van der Waals surface area contributed by atoms with E-state index < -0.39 is 0 Å². The number of benzene rings is 1. The molecule has 0 saturated carbocycles. The summed E-state index contributed by atoms with van der Waals surface area (Å²) in [5.41, 5.74) is 1.03. The van der Waals surface area contributed by atoms with E-state index in [9.17, 15) is 4.79 Å². The first kappa shape index (κ1) is 19.3. The molecule has 1 unspecified atom stereocenters. The first-order chi connectivity index (χ1) is 11.9. The highest BCUT2D eigenvalue weighted by molar-refractivity contribution is 6.45. The molecule has 4 rings (SSSR count). The van der Waals surface area contributed by atoms with Gasteiger partial charge in [0.25, 0.3) is 0 Å². The van der Waals surface area contributed by atoms with E-state index in [1.54, 1.807) is 23.7 Å². The van der Waals surface area contributed by atoms with Crippen LogP contribution >= 0.6 is 47.2 Å². The molecule has 0 bridgehead atoms. The molecule has 0 amide bonds. The summed E-state index contributed by atoms with van der Waals surface area (Å²) in [7, 11) is 1.68. The van der Waals surface area contributed by atoms with Crippen LogP contribution in [0.2, 0.25) is 15.1 Å². The highest BCUT2D eigenvalue weighted by Gasteiger charge is 2.30. The zero-order valence-corrected chi connectivity index (χ0v) is 17.0. The molecular weight excluding hydrogens is 420 g/mol. The van der Waals surface area contributed by atoms with Crippen molar-refractivity contribution in [3.05, 3.63) is 37.7 Å². The molecular formula is C16H15Cl4N5O. The Hall–Kier alpha value is -1.47. The SMILES string of the molecule is CCC1Cn2c(c3nc(-c4cc(Cl)cc(Cl)c4Cl)nc-3n(C)c2=O)N1.Cl. The molecule has 3 aliphatic rings. The molecule has 3 heterocycles. The first-order valence-electron chi connectivity index (χ1n) is 7.79. The standard InChI is InChI=1S/C16H14Cl3N5O.ClH/c1-3-8-6-24-15(20-8)12-14(23(2)16(24)25)22-13(21-12)9-4-7(17)5-10(18)11(9)19;/h4-5,8,20H,3,6H2,1-2H3;1H. The van der Waals surface area contributed by atoms with Gasteiger partial charge >= 0.3 is 5.69 Å². The smallest absolute Gasteiger partial charge is 0.331 e. The van der Waals surface area contributed by atoms with Crippen molar-refractivity contribution in [2.75, 3.05) is 5.32 Å². The topological polar surface area (TPSA) is 64.7 Å². The number of imidazole rings is 1. The Morgan fingerprint density at radius 3 is 2.69 bits per heavy atom. The van der Waals surface area contributed by atoms with Gasteiger partial charge in [-0.2, -0.15) is 0 Å². The van der Waals surface area contributed by atoms with Crippen molar-refractivity contribution in [2.24, 2.45) is 7.05 Å². The minimum absolute atomic E-state index is 0. The van der Waals surface area contributed by atoms with Crippen molar-refractivity contribution < 1.29 is 0 Å². The molecule has 0 fully saturated rings. The summed E-state index contributed by atoms with van der Waals surface area (Å²) in [5, 5.41) is 4.46. The predicted octanol–water partition coefficient (Wildman–Crippen LogP) is 4.33. The highest BCUT2D eigenvalue weighted by Crippen LogP contribution is 2.38. The van der Waals surface area contributed by atoms with E-state index in [1.165, 1.54) is 4.57 Å². The van der Waals surface area contributed by atoms with E-state index >= 15 is 0 Å². The fraction of sp³-hybridized carbons (Fsp3) is 0.312. The van der Waals surface area contributed by atoms with Crippen LogP contribution in [-0.2, 0) is 13.6 Å². The first-order valence-corrected chi connectivity index (χ1v) is 8.92. The van der Waals surface area contributed by atoms with Crippen molar-refractivity contribution in [2.45, 2.75) is 25.9 Å². The lowest BCUT2D eigenvalue weighted by Crippen LogP contribution is -2.30. The number of rotatable bonds is 2. The van der Waals surface area contributed by atoms with E-state index in [4.69, 9.17) is 34.8 Å². The Bertz CT molecular complexity index is 1030. The number of nitrogens with zero attached hydrogens (tertiary/aromatic N) is 4. The van der Waals surface area contributed by atoms with Gasteiger partial charge in [0.1, 0.15) is 11.5 Å². The van der Waals surface area contributed by atoms with Gasteiger partial charge in [-0.25, -0.2) is 14.8 Å². The molecule has 1 N–H and O–H groups in total. The number of anilines is 1. The third-order valence-corrected chi connectivity index (χ3v) is 5.46. The molecule has 3 aliphatic heterocycles. The van der Waals surface area contributed by atoms with E-state index in [2.05, 4.69) is 22.2 Å². The van der Waals surface area contributed by atoms with Gasteiger partial charge in [0.2, 0.25) is 0 Å². The highest BCUT2D eigenvalue weighted by atomic mass is 35.5. The van der Waals surface area contributed by atoms with Gasteiger partial charge in [0.15, 0.2) is 11.6 Å². The van der Waals surface area contributed by atoms with Crippen LogP contribution in [0.5, 0.6) is 0 Å². The van der Waals surface area contributed by atoms with Crippen LogP contribution in [0.25, 0.3) is 22.9 Å². The Kier molecular flexibility index (Phi) is 5.14. The molecule has 138 valence electrons. The summed E-state index contributed by atoms with van der Waals surface area (Å²) in [6.07, 6.45) is 0.906. The molecule has 0 saturated heterocycles. The third-order valence-electron chi connectivity index (χ3n) is 4.44. The molecule has 0 aromatic heterocycles. The zero-order chi connectivity index (χ0) is 17.9. The van der Waals surface area contributed by atoms with E-state index in [0.29, 0.717) is 50.3 Å². The van der Waals surface area contributed by atoms with E-state index in [1.807, 2.05) is 0 Å². The van der Waals surface area contributed by atoms with Gasteiger partial charge < -0.3 is 5.32 Å². The van der Waals surface area contributed by atoms with Gasteiger partial charge in [-0.15, -0.1) is 12.4 Å². The maximum Gasteiger partial charge on any atom is 0.331 e. The Morgan fingerprint density at radius 1 is 1.27 bits per heavy atom. The second kappa shape index (κ2) is 6.93. The Balaban J connectivity index is 0.00000196. The Morgan fingerprint density at radius 2 is 2.00 bits per heavy atom. The second-order valence-corrected chi connectivity index (χ2v) is 7.24. The molecule has 1 aromatic rings. The van der Waals surface area contributed by atoms with Crippen molar-refractivity contribution in [3.8, 4) is 22.9 Å². The molecule has 1 atom stereocenters. The number of hydrogen-bond donors (Lipinski definition) is 1.